The number of fused-ring (bicyclic) bond motifs is 1. The van der Waals surface area contributed by atoms with Gasteiger partial charge < -0.3 is 15.0 Å². The van der Waals surface area contributed by atoms with Gasteiger partial charge in [0.2, 0.25) is 11.7 Å². The quantitative estimate of drug-likeness (QED) is 0.488. The maximum Gasteiger partial charge on any atom is 0.342 e. The fraction of sp³-hybridized carbons (Fsp3) is 0.286. The number of aromatic nitrogens is 1. The van der Waals surface area contributed by atoms with Gasteiger partial charge in [0.05, 0.1) is 5.56 Å². The van der Waals surface area contributed by atoms with Crippen molar-refractivity contribution < 1.29 is 19.1 Å². The second-order valence-corrected chi connectivity index (χ2v) is 7.98. The first-order valence-corrected chi connectivity index (χ1v) is 9.72. The van der Waals surface area contributed by atoms with Crippen LogP contribution in [0.5, 0.6) is 0 Å². The van der Waals surface area contributed by atoms with Gasteiger partial charge in [-0.15, -0.1) is 11.3 Å². The summed E-state index contributed by atoms with van der Waals surface area (Å²) < 4.78 is 5.50. The van der Waals surface area contributed by atoms with Crippen molar-refractivity contribution >= 4 is 44.9 Å². The largest absolute Gasteiger partial charge is 0.451 e. The van der Waals surface area contributed by atoms with Gasteiger partial charge in [0.25, 0.3) is 0 Å². The van der Waals surface area contributed by atoms with Crippen LogP contribution >= 0.6 is 11.3 Å². The summed E-state index contributed by atoms with van der Waals surface area (Å²) in [6.45, 7) is 8.43. The fourth-order valence-electron chi connectivity index (χ4n) is 3.19. The first-order chi connectivity index (χ1) is 13.2. The Labute approximate surface area is 166 Å². The van der Waals surface area contributed by atoms with Gasteiger partial charge in [0.15, 0.2) is 6.10 Å². The van der Waals surface area contributed by atoms with Crippen molar-refractivity contribution in [1.82, 2.24) is 4.98 Å². The molecular weight excluding hydrogens is 376 g/mol. The number of ether oxygens (including phenoxy) is 1. The second kappa shape index (κ2) is 7.59. The molecule has 0 aliphatic carbocycles. The van der Waals surface area contributed by atoms with Crippen LogP contribution in [0.2, 0.25) is 0 Å². The molecule has 2 heterocycles. The van der Waals surface area contributed by atoms with Crippen molar-refractivity contribution in [2.45, 2.75) is 40.7 Å². The number of carbonyl (C=O) groups is 3. The van der Waals surface area contributed by atoms with Crippen molar-refractivity contribution in [2.24, 2.45) is 0 Å². The lowest BCUT2D eigenvalue weighted by Crippen LogP contribution is -2.25. The van der Waals surface area contributed by atoms with E-state index in [1.807, 2.05) is 38.1 Å². The summed E-state index contributed by atoms with van der Waals surface area (Å²) in [6.07, 6.45) is -0.963. The Morgan fingerprint density at radius 3 is 2.46 bits per heavy atom. The summed E-state index contributed by atoms with van der Waals surface area (Å²) in [7, 11) is 0. The van der Waals surface area contributed by atoms with Gasteiger partial charge in [0.1, 0.15) is 5.00 Å². The summed E-state index contributed by atoms with van der Waals surface area (Å²) in [4.78, 5) is 41.3. The predicted octanol–water partition coefficient (Wildman–Crippen LogP) is 4.54. The van der Waals surface area contributed by atoms with Crippen LogP contribution in [0.1, 0.15) is 50.7 Å². The van der Waals surface area contributed by atoms with E-state index < -0.39 is 12.1 Å². The summed E-state index contributed by atoms with van der Waals surface area (Å²) in [6, 6.07) is 7.51. The van der Waals surface area contributed by atoms with E-state index in [9.17, 15) is 14.4 Å². The van der Waals surface area contributed by atoms with Gasteiger partial charge in [0, 0.05) is 34.0 Å². The number of esters is 1. The minimum Gasteiger partial charge on any atom is -0.451 e. The molecule has 0 fully saturated rings. The van der Waals surface area contributed by atoms with E-state index in [0.29, 0.717) is 16.1 Å². The third-order valence-corrected chi connectivity index (χ3v) is 5.79. The number of benzene rings is 1. The molecule has 1 amide bonds. The van der Waals surface area contributed by atoms with Gasteiger partial charge in [-0.1, -0.05) is 18.2 Å². The number of nitrogens with one attached hydrogen (secondary N) is 2. The predicted molar refractivity (Wildman–Crippen MR) is 110 cm³/mol. The fourth-order valence-corrected chi connectivity index (χ4v) is 4.29. The molecule has 2 aromatic heterocycles. The molecule has 2 N–H and O–H groups in total. The van der Waals surface area contributed by atoms with Crippen LogP contribution in [0.4, 0.5) is 5.00 Å². The Morgan fingerprint density at radius 2 is 1.79 bits per heavy atom. The highest BCUT2D eigenvalue weighted by Gasteiger charge is 2.28. The monoisotopic (exact) mass is 398 g/mol. The van der Waals surface area contributed by atoms with Crippen LogP contribution in [-0.2, 0) is 9.53 Å². The van der Waals surface area contributed by atoms with Crippen LogP contribution in [0.3, 0.4) is 0 Å². The molecule has 6 nitrogen and oxygen atoms in total. The number of rotatable bonds is 5. The molecule has 0 radical (unpaired) electrons. The number of Topliss-reactive ketones (excluding diaryl/α,β-unsaturated/α-hetero) is 1. The second-order valence-electron chi connectivity index (χ2n) is 6.75. The molecule has 1 unspecified atom stereocenters. The number of amides is 1. The molecule has 0 saturated carbocycles. The first kappa shape index (κ1) is 19.8. The molecule has 0 aliphatic heterocycles. The van der Waals surface area contributed by atoms with Crippen molar-refractivity contribution in [2.75, 3.05) is 5.32 Å². The van der Waals surface area contributed by atoms with Crippen LogP contribution in [-0.4, -0.2) is 28.7 Å². The topological polar surface area (TPSA) is 88.3 Å². The minimum atomic E-state index is -0.963. The summed E-state index contributed by atoms with van der Waals surface area (Å²) in [5.74, 6) is -1.16. The van der Waals surface area contributed by atoms with Gasteiger partial charge >= 0.3 is 5.97 Å². The average Bonchev–Trinajstić information content (AvgIpc) is 3.09. The number of hydrogen-bond acceptors (Lipinski definition) is 5. The lowest BCUT2D eigenvalue weighted by atomic mass is 10.0. The molecule has 0 saturated heterocycles. The molecule has 1 atom stereocenters. The number of thiophene rings is 1. The van der Waals surface area contributed by atoms with Gasteiger partial charge in [-0.05, 0) is 39.3 Å². The van der Waals surface area contributed by atoms with E-state index in [1.165, 1.54) is 18.3 Å². The number of anilines is 1. The lowest BCUT2D eigenvalue weighted by Gasteiger charge is -2.14. The van der Waals surface area contributed by atoms with E-state index in [0.717, 1.165) is 27.0 Å². The molecule has 3 rings (SSSR count). The number of hydrogen-bond donors (Lipinski definition) is 2. The number of aryl methyl sites for hydroxylation is 2. The minimum absolute atomic E-state index is 0.269. The average molecular weight is 398 g/mol. The third kappa shape index (κ3) is 3.57. The molecule has 7 heteroatoms. The van der Waals surface area contributed by atoms with Crippen LogP contribution in [0.15, 0.2) is 24.3 Å². The van der Waals surface area contributed by atoms with E-state index in [2.05, 4.69) is 10.3 Å². The van der Waals surface area contributed by atoms with Crippen molar-refractivity contribution in [3.8, 4) is 0 Å². The third-order valence-electron chi connectivity index (χ3n) is 4.67. The van der Waals surface area contributed by atoms with E-state index in [4.69, 9.17) is 4.74 Å². The lowest BCUT2D eigenvalue weighted by molar-refractivity contribution is -0.114. The molecule has 0 spiro atoms. The molecular formula is C21H22N2O4S. The maximum atomic E-state index is 13.0. The van der Waals surface area contributed by atoms with E-state index >= 15 is 0 Å². The zero-order valence-electron chi connectivity index (χ0n) is 16.4. The van der Waals surface area contributed by atoms with Gasteiger partial charge in [-0.2, -0.15) is 0 Å². The number of aromatic amines is 1. The highest BCUT2D eigenvalue weighted by molar-refractivity contribution is 7.16. The number of H-pyrrole nitrogens is 1. The van der Waals surface area contributed by atoms with Crippen molar-refractivity contribution in [3.63, 3.8) is 0 Å². The Kier molecular flexibility index (Phi) is 5.38. The molecule has 0 bridgehead atoms. The Balaban J connectivity index is 1.88. The number of ketones is 1. The Morgan fingerprint density at radius 1 is 1.11 bits per heavy atom. The van der Waals surface area contributed by atoms with Crippen LogP contribution < -0.4 is 5.32 Å². The van der Waals surface area contributed by atoms with Gasteiger partial charge in [-0.25, -0.2) is 4.79 Å². The first-order valence-electron chi connectivity index (χ1n) is 8.90. The summed E-state index contributed by atoms with van der Waals surface area (Å²) in [5, 5.41) is 3.91. The smallest absolute Gasteiger partial charge is 0.342 e. The zero-order valence-corrected chi connectivity index (χ0v) is 17.2. The summed E-state index contributed by atoms with van der Waals surface area (Å²) >= 11 is 1.31. The van der Waals surface area contributed by atoms with E-state index in [-0.39, 0.29) is 11.7 Å². The molecule has 146 valence electrons. The van der Waals surface area contributed by atoms with E-state index in [1.54, 1.807) is 13.8 Å². The van der Waals surface area contributed by atoms with Crippen molar-refractivity contribution in [3.05, 3.63) is 51.5 Å². The van der Waals surface area contributed by atoms with Crippen LogP contribution in [0, 0.1) is 20.8 Å². The van der Waals surface area contributed by atoms with Crippen molar-refractivity contribution in [1.29, 1.82) is 0 Å². The molecule has 28 heavy (non-hydrogen) atoms. The standard InChI is InChI=1S/C21H22N2O4S/c1-10-13(4)28-20(23-14(5)24)17(10)21(26)27-12(3)19(25)18-11(2)22-16-9-7-6-8-15(16)18/h6-9,12,22H,1-5H3,(H,23,24). The number of carbonyl (C=O) groups excluding carboxylic acids is 3. The highest BCUT2D eigenvalue weighted by Crippen LogP contribution is 2.33. The molecule has 1 aromatic carbocycles. The summed E-state index contributed by atoms with van der Waals surface area (Å²) in [5.41, 5.74) is 3.15. The number of para-hydroxylation sites is 1. The Hall–Kier alpha value is -2.93. The molecule has 0 aliphatic rings. The van der Waals surface area contributed by atoms with Gasteiger partial charge in [-0.3, -0.25) is 9.59 Å². The zero-order chi connectivity index (χ0) is 20.6. The van der Waals surface area contributed by atoms with Crippen LogP contribution in [0.25, 0.3) is 10.9 Å². The Bertz CT molecular complexity index is 1090. The molecule has 3 aromatic rings. The maximum absolute atomic E-state index is 13.0. The SMILES string of the molecule is CC(=O)Nc1sc(C)c(C)c1C(=O)OC(C)C(=O)c1c(C)[nH]c2ccccc12. The highest BCUT2D eigenvalue weighted by atomic mass is 32.1. The normalized spacial score (nSPS) is 12.0.